The molecule has 0 saturated carbocycles. The van der Waals surface area contributed by atoms with Gasteiger partial charge in [0.15, 0.2) is 11.7 Å². The summed E-state index contributed by atoms with van der Waals surface area (Å²) in [7, 11) is 0. The fourth-order valence-electron chi connectivity index (χ4n) is 3.80. The molecule has 1 aromatic heterocycles. The molecule has 176 valence electrons. The van der Waals surface area contributed by atoms with Crippen LogP contribution in [-0.4, -0.2) is 66.1 Å². The molecular formula is C21H30F4N2O3S. The van der Waals surface area contributed by atoms with E-state index >= 15 is 4.39 Å². The second-order valence-electron chi connectivity index (χ2n) is 9.31. The molecule has 5 nitrogen and oxygen atoms in total. The Morgan fingerprint density at radius 3 is 2.48 bits per heavy atom. The SMILES string of the molecule is CC(C)(C)OC(=O)N1CCC(F)(CCN2CCc3sc(OCC(F)(F)F)cc3C2)CC1. The van der Waals surface area contributed by atoms with Crippen molar-refractivity contribution >= 4 is 17.4 Å². The number of likely N-dealkylation sites (tertiary alicyclic amines) is 1. The summed E-state index contributed by atoms with van der Waals surface area (Å²) in [4.78, 5) is 16.9. The highest BCUT2D eigenvalue weighted by Crippen LogP contribution is 2.36. The first-order valence-electron chi connectivity index (χ1n) is 10.5. The van der Waals surface area contributed by atoms with E-state index in [9.17, 15) is 18.0 Å². The number of ether oxygens (including phenoxy) is 2. The van der Waals surface area contributed by atoms with Gasteiger partial charge in [-0.1, -0.05) is 0 Å². The molecule has 0 spiro atoms. The summed E-state index contributed by atoms with van der Waals surface area (Å²) in [5.41, 5.74) is -0.941. The molecule has 2 aliphatic heterocycles. The summed E-state index contributed by atoms with van der Waals surface area (Å²) in [5, 5.41) is 0.278. The van der Waals surface area contributed by atoms with Gasteiger partial charge in [0.05, 0.1) is 0 Å². The monoisotopic (exact) mass is 466 g/mol. The largest absolute Gasteiger partial charge is 0.475 e. The minimum atomic E-state index is -4.36. The summed E-state index contributed by atoms with van der Waals surface area (Å²) < 4.78 is 62.5. The molecule has 0 aliphatic carbocycles. The van der Waals surface area contributed by atoms with Crippen molar-refractivity contribution in [3.05, 3.63) is 16.5 Å². The van der Waals surface area contributed by atoms with Crippen LogP contribution in [0.25, 0.3) is 0 Å². The van der Waals surface area contributed by atoms with Gasteiger partial charge in [0, 0.05) is 37.6 Å². The van der Waals surface area contributed by atoms with E-state index in [0.717, 1.165) is 23.4 Å². The summed E-state index contributed by atoms with van der Waals surface area (Å²) in [6.07, 6.45) is -3.12. The maximum atomic E-state index is 15.3. The number of carbonyl (C=O) groups excluding carboxylic acids is 1. The molecule has 0 N–H and O–H groups in total. The second kappa shape index (κ2) is 9.13. The van der Waals surface area contributed by atoms with E-state index in [1.807, 2.05) is 0 Å². The molecule has 2 aliphatic rings. The van der Waals surface area contributed by atoms with Crippen LogP contribution in [0, 0.1) is 0 Å². The zero-order valence-corrected chi connectivity index (χ0v) is 19.0. The number of hydrogen-bond acceptors (Lipinski definition) is 5. The molecule has 1 amide bonds. The number of amides is 1. The molecule has 0 atom stereocenters. The van der Waals surface area contributed by atoms with Crippen molar-refractivity contribution in [2.45, 2.75) is 70.4 Å². The van der Waals surface area contributed by atoms with E-state index < -0.39 is 30.1 Å². The first-order chi connectivity index (χ1) is 14.3. The molecule has 1 saturated heterocycles. The van der Waals surface area contributed by atoms with Crippen LogP contribution in [-0.2, 0) is 17.7 Å². The van der Waals surface area contributed by atoms with E-state index in [-0.39, 0.29) is 17.9 Å². The van der Waals surface area contributed by atoms with Gasteiger partial charge in [0.25, 0.3) is 0 Å². The van der Waals surface area contributed by atoms with Crippen molar-refractivity contribution in [2.24, 2.45) is 0 Å². The molecule has 3 rings (SSSR count). The zero-order chi connectivity index (χ0) is 22.9. The lowest BCUT2D eigenvalue weighted by Gasteiger charge is -2.38. The Hall–Kier alpha value is -1.55. The van der Waals surface area contributed by atoms with Crippen molar-refractivity contribution in [3.8, 4) is 5.06 Å². The molecule has 10 heteroatoms. The number of rotatable bonds is 5. The molecular weight excluding hydrogens is 436 g/mol. The number of alkyl halides is 4. The first-order valence-corrected chi connectivity index (χ1v) is 11.3. The number of halogens is 4. The van der Waals surface area contributed by atoms with E-state index in [1.54, 1.807) is 31.7 Å². The van der Waals surface area contributed by atoms with E-state index in [4.69, 9.17) is 9.47 Å². The molecule has 0 unspecified atom stereocenters. The number of nitrogens with zero attached hydrogens (tertiary/aromatic N) is 2. The Bertz CT molecular complexity index is 768. The predicted molar refractivity (Wildman–Crippen MR) is 110 cm³/mol. The third-order valence-electron chi connectivity index (χ3n) is 5.49. The highest BCUT2D eigenvalue weighted by atomic mass is 32.1. The minimum absolute atomic E-state index is 0.277. The number of thiophene rings is 1. The zero-order valence-electron chi connectivity index (χ0n) is 18.2. The topological polar surface area (TPSA) is 42.0 Å². The Morgan fingerprint density at radius 1 is 1.19 bits per heavy atom. The fourth-order valence-corrected chi connectivity index (χ4v) is 4.81. The van der Waals surface area contributed by atoms with Crippen LogP contribution >= 0.6 is 11.3 Å². The van der Waals surface area contributed by atoms with Crippen LogP contribution in [0.15, 0.2) is 6.07 Å². The van der Waals surface area contributed by atoms with Crippen LogP contribution in [0.4, 0.5) is 22.4 Å². The lowest BCUT2D eigenvalue weighted by atomic mass is 9.89. The molecule has 1 aromatic rings. The van der Waals surface area contributed by atoms with Crippen molar-refractivity contribution in [3.63, 3.8) is 0 Å². The lowest BCUT2D eigenvalue weighted by Crippen LogP contribution is -2.47. The van der Waals surface area contributed by atoms with Crippen LogP contribution < -0.4 is 4.74 Å². The normalized spacial score (nSPS) is 19.8. The number of piperidine rings is 1. The van der Waals surface area contributed by atoms with Crippen molar-refractivity contribution in [1.82, 2.24) is 9.80 Å². The summed E-state index contributed by atoms with van der Waals surface area (Å²) in [5.74, 6) is 0. The van der Waals surface area contributed by atoms with Crippen molar-refractivity contribution in [2.75, 3.05) is 32.8 Å². The van der Waals surface area contributed by atoms with E-state index in [1.165, 1.54) is 11.3 Å². The first kappa shape index (κ1) is 24.1. The smallest absolute Gasteiger partial charge is 0.422 e. The van der Waals surface area contributed by atoms with Gasteiger partial charge < -0.3 is 14.4 Å². The number of fused-ring (bicyclic) bond motifs is 1. The average Bonchev–Trinajstić information content (AvgIpc) is 3.06. The van der Waals surface area contributed by atoms with Crippen LogP contribution in [0.2, 0.25) is 0 Å². The van der Waals surface area contributed by atoms with Crippen LogP contribution in [0.1, 0.15) is 50.5 Å². The summed E-state index contributed by atoms with van der Waals surface area (Å²) in [6.45, 7) is 6.68. The van der Waals surface area contributed by atoms with Gasteiger partial charge in [0.2, 0.25) is 0 Å². The Kier molecular flexibility index (Phi) is 7.10. The molecule has 1 fully saturated rings. The van der Waals surface area contributed by atoms with E-state index in [0.29, 0.717) is 32.6 Å². The average molecular weight is 467 g/mol. The maximum Gasteiger partial charge on any atom is 0.422 e. The highest BCUT2D eigenvalue weighted by Gasteiger charge is 2.37. The van der Waals surface area contributed by atoms with Gasteiger partial charge in [-0.05, 0) is 58.1 Å². The lowest BCUT2D eigenvalue weighted by molar-refractivity contribution is -0.152. The van der Waals surface area contributed by atoms with Crippen molar-refractivity contribution < 1.29 is 31.8 Å². The Labute approximate surface area is 184 Å². The number of carbonyl (C=O) groups is 1. The standard InChI is InChI=1S/C21H30F4N2O3S/c1-19(2,3)30-18(28)27-10-6-20(22,7-11-27)5-9-26-8-4-16-15(13-26)12-17(31-16)29-14-21(23,24)25/h12H,4-11,13-14H2,1-3H3. The molecule has 0 radical (unpaired) electrons. The van der Waals surface area contributed by atoms with Gasteiger partial charge in [-0.2, -0.15) is 13.2 Å². The molecule has 0 bridgehead atoms. The molecule has 0 aromatic carbocycles. The fraction of sp³-hybridized carbons (Fsp3) is 0.762. The predicted octanol–water partition coefficient (Wildman–Crippen LogP) is 5.18. The van der Waals surface area contributed by atoms with Crippen LogP contribution in [0.3, 0.4) is 0 Å². The maximum absolute atomic E-state index is 15.3. The van der Waals surface area contributed by atoms with Crippen LogP contribution in [0.5, 0.6) is 5.06 Å². The second-order valence-corrected chi connectivity index (χ2v) is 10.4. The Balaban J connectivity index is 1.45. The van der Waals surface area contributed by atoms with Gasteiger partial charge >= 0.3 is 12.3 Å². The molecule has 3 heterocycles. The highest BCUT2D eigenvalue weighted by molar-refractivity contribution is 7.14. The van der Waals surface area contributed by atoms with Gasteiger partial charge in [0.1, 0.15) is 11.3 Å². The van der Waals surface area contributed by atoms with Gasteiger partial charge in [-0.25, -0.2) is 9.18 Å². The molecule has 31 heavy (non-hydrogen) atoms. The third-order valence-corrected chi connectivity index (χ3v) is 6.64. The minimum Gasteiger partial charge on any atom is -0.475 e. The van der Waals surface area contributed by atoms with Crippen molar-refractivity contribution in [1.29, 1.82) is 0 Å². The summed E-state index contributed by atoms with van der Waals surface area (Å²) >= 11 is 1.26. The van der Waals surface area contributed by atoms with Gasteiger partial charge in [-0.3, -0.25) is 4.90 Å². The van der Waals surface area contributed by atoms with Gasteiger partial charge in [-0.15, -0.1) is 11.3 Å². The quantitative estimate of drug-likeness (QED) is 0.561. The van der Waals surface area contributed by atoms with E-state index in [2.05, 4.69) is 4.90 Å². The summed E-state index contributed by atoms with van der Waals surface area (Å²) in [6, 6.07) is 1.67. The number of hydrogen-bond donors (Lipinski definition) is 0. The third kappa shape index (κ3) is 7.24. The Morgan fingerprint density at radius 2 is 1.87 bits per heavy atom.